The quantitative estimate of drug-likeness (QED) is 0.577. The molecule has 1 saturated heterocycles. The van der Waals surface area contributed by atoms with E-state index in [1.807, 2.05) is 33.3 Å². The predicted octanol–water partition coefficient (Wildman–Crippen LogP) is 3.39. The maximum Gasteiger partial charge on any atom is 0.251 e. The Morgan fingerprint density at radius 3 is 2.36 bits per heavy atom. The standard InChI is InChI=1S/C25H32N4O3S/c1-27(2)24(22-18-28(3)23-10-6-5-9-21(22)23)17-26-25(30)19-11-13-20(14-12-19)33(31,32)29-15-7-4-8-16-29/h5-6,9-14,18,24H,4,7-8,15-17H2,1-3H3,(H,26,30). The average Bonchev–Trinajstić information content (AvgIpc) is 3.16. The molecule has 176 valence electrons. The highest BCUT2D eigenvalue weighted by Crippen LogP contribution is 2.28. The molecule has 0 bridgehead atoms. The van der Waals surface area contributed by atoms with Crippen LogP contribution < -0.4 is 5.32 Å². The van der Waals surface area contributed by atoms with Crippen LogP contribution >= 0.6 is 0 Å². The number of benzene rings is 2. The average molecular weight is 469 g/mol. The summed E-state index contributed by atoms with van der Waals surface area (Å²) in [7, 11) is 2.52. The summed E-state index contributed by atoms with van der Waals surface area (Å²) < 4.78 is 29.3. The number of carbonyl (C=O) groups excluding carboxylic acids is 1. The first-order valence-electron chi connectivity index (χ1n) is 11.4. The van der Waals surface area contributed by atoms with Crippen molar-refractivity contribution >= 4 is 26.8 Å². The highest BCUT2D eigenvalue weighted by atomic mass is 32.2. The van der Waals surface area contributed by atoms with Gasteiger partial charge in [-0.2, -0.15) is 4.31 Å². The third-order valence-electron chi connectivity index (χ3n) is 6.44. The van der Waals surface area contributed by atoms with E-state index in [0.29, 0.717) is 25.2 Å². The van der Waals surface area contributed by atoms with E-state index < -0.39 is 10.0 Å². The van der Waals surface area contributed by atoms with Crippen LogP contribution in [0.4, 0.5) is 0 Å². The van der Waals surface area contributed by atoms with Gasteiger partial charge in [-0.05, 0) is 62.8 Å². The summed E-state index contributed by atoms with van der Waals surface area (Å²) in [5, 5.41) is 4.19. The monoisotopic (exact) mass is 468 g/mol. The SMILES string of the molecule is CN(C)C(CNC(=O)c1ccc(S(=O)(=O)N2CCCCC2)cc1)c1cn(C)c2ccccc12. The molecule has 0 aliphatic carbocycles. The van der Waals surface area contributed by atoms with Gasteiger partial charge in [-0.25, -0.2) is 8.42 Å². The first-order valence-corrected chi connectivity index (χ1v) is 12.8. The second-order valence-electron chi connectivity index (χ2n) is 8.89. The minimum atomic E-state index is -3.50. The Hall–Kier alpha value is -2.68. The number of aromatic nitrogens is 1. The van der Waals surface area contributed by atoms with Crippen molar-refractivity contribution in [1.29, 1.82) is 0 Å². The molecule has 2 heterocycles. The number of fused-ring (bicyclic) bond motifs is 1. The van der Waals surface area contributed by atoms with Crippen LogP contribution in [-0.4, -0.2) is 61.8 Å². The second kappa shape index (κ2) is 9.67. The number of aryl methyl sites for hydroxylation is 1. The lowest BCUT2D eigenvalue weighted by atomic mass is 10.0. The van der Waals surface area contributed by atoms with Crippen LogP contribution in [0.3, 0.4) is 0 Å². The molecular weight excluding hydrogens is 436 g/mol. The van der Waals surface area contributed by atoms with Crippen LogP contribution in [0.25, 0.3) is 10.9 Å². The fourth-order valence-electron chi connectivity index (χ4n) is 4.53. The van der Waals surface area contributed by atoms with Gasteiger partial charge in [-0.1, -0.05) is 24.6 Å². The minimum Gasteiger partial charge on any atom is -0.350 e. The van der Waals surface area contributed by atoms with Crippen molar-refractivity contribution < 1.29 is 13.2 Å². The third-order valence-corrected chi connectivity index (χ3v) is 8.35. The first kappa shape index (κ1) is 23.5. The molecule has 1 fully saturated rings. The van der Waals surface area contributed by atoms with Gasteiger partial charge in [0, 0.05) is 49.3 Å². The fraction of sp³-hybridized carbons (Fsp3) is 0.400. The molecule has 1 aliphatic heterocycles. The van der Waals surface area contributed by atoms with E-state index in [0.717, 1.165) is 30.3 Å². The minimum absolute atomic E-state index is 0.00111. The number of nitrogens with zero attached hydrogens (tertiary/aromatic N) is 3. The largest absolute Gasteiger partial charge is 0.350 e. The molecule has 1 N–H and O–H groups in total. The maximum absolute atomic E-state index is 12.8. The van der Waals surface area contributed by atoms with Crippen LogP contribution in [0, 0.1) is 0 Å². The van der Waals surface area contributed by atoms with E-state index in [4.69, 9.17) is 0 Å². The van der Waals surface area contributed by atoms with Crippen molar-refractivity contribution in [2.24, 2.45) is 7.05 Å². The maximum atomic E-state index is 12.8. The van der Waals surface area contributed by atoms with Gasteiger partial charge in [0.15, 0.2) is 0 Å². The van der Waals surface area contributed by atoms with Gasteiger partial charge in [-0.3, -0.25) is 4.79 Å². The number of rotatable bonds is 7. The molecule has 7 nitrogen and oxygen atoms in total. The Bertz CT molecular complexity index is 1230. The predicted molar refractivity (Wildman–Crippen MR) is 131 cm³/mol. The molecule has 8 heteroatoms. The van der Waals surface area contributed by atoms with Gasteiger partial charge in [0.2, 0.25) is 10.0 Å². The molecule has 1 atom stereocenters. The van der Waals surface area contributed by atoms with E-state index in [9.17, 15) is 13.2 Å². The molecule has 1 aromatic heterocycles. The Morgan fingerprint density at radius 2 is 1.70 bits per heavy atom. The van der Waals surface area contributed by atoms with Crippen LogP contribution in [0.2, 0.25) is 0 Å². The molecule has 33 heavy (non-hydrogen) atoms. The Morgan fingerprint density at radius 1 is 1.03 bits per heavy atom. The molecule has 1 unspecified atom stereocenters. The fourth-order valence-corrected chi connectivity index (χ4v) is 6.05. The number of amides is 1. The molecule has 4 rings (SSSR count). The van der Waals surface area contributed by atoms with Gasteiger partial charge in [0.05, 0.1) is 10.9 Å². The van der Waals surface area contributed by atoms with Gasteiger partial charge in [0.1, 0.15) is 0 Å². The number of carbonyl (C=O) groups is 1. The lowest BCUT2D eigenvalue weighted by molar-refractivity contribution is 0.0942. The van der Waals surface area contributed by atoms with Crippen molar-refractivity contribution in [3.05, 3.63) is 65.9 Å². The summed E-state index contributed by atoms with van der Waals surface area (Å²) in [5.74, 6) is -0.219. The highest BCUT2D eigenvalue weighted by Gasteiger charge is 2.26. The number of piperidine rings is 1. The van der Waals surface area contributed by atoms with Crippen LogP contribution in [0.5, 0.6) is 0 Å². The summed E-state index contributed by atoms with van der Waals surface area (Å²) in [6.45, 7) is 1.56. The topological polar surface area (TPSA) is 74.7 Å². The summed E-state index contributed by atoms with van der Waals surface area (Å²) >= 11 is 0. The van der Waals surface area contributed by atoms with Crippen molar-refractivity contribution in [2.75, 3.05) is 33.7 Å². The van der Waals surface area contributed by atoms with Crippen LogP contribution in [0.15, 0.2) is 59.6 Å². The molecule has 0 radical (unpaired) electrons. The van der Waals surface area contributed by atoms with Crippen molar-refractivity contribution in [3.8, 4) is 0 Å². The molecule has 3 aromatic rings. The zero-order chi connectivity index (χ0) is 23.6. The molecule has 0 spiro atoms. The third kappa shape index (κ3) is 4.83. The van der Waals surface area contributed by atoms with Gasteiger partial charge >= 0.3 is 0 Å². The Balaban J connectivity index is 1.47. The molecule has 1 amide bonds. The van der Waals surface area contributed by atoms with Gasteiger partial charge < -0.3 is 14.8 Å². The summed E-state index contributed by atoms with van der Waals surface area (Å²) in [6.07, 6.45) is 4.96. The van der Waals surface area contributed by atoms with Crippen LogP contribution in [-0.2, 0) is 17.1 Å². The summed E-state index contributed by atoms with van der Waals surface area (Å²) in [6, 6.07) is 14.5. The molecule has 0 saturated carbocycles. The van der Waals surface area contributed by atoms with E-state index in [-0.39, 0.29) is 16.8 Å². The Labute approximate surface area is 196 Å². The number of likely N-dealkylation sites (N-methyl/N-ethyl adjacent to an activating group) is 1. The van der Waals surface area contributed by atoms with E-state index >= 15 is 0 Å². The van der Waals surface area contributed by atoms with Crippen molar-refractivity contribution in [3.63, 3.8) is 0 Å². The lowest BCUT2D eigenvalue weighted by Crippen LogP contribution is -2.36. The molecule has 2 aromatic carbocycles. The van der Waals surface area contributed by atoms with E-state index in [1.54, 1.807) is 12.1 Å². The summed E-state index contributed by atoms with van der Waals surface area (Å²) in [4.78, 5) is 15.2. The number of sulfonamides is 1. The molecular formula is C25H32N4O3S. The smallest absolute Gasteiger partial charge is 0.251 e. The normalized spacial score (nSPS) is 16.2. The Kier molecular flexibility index (Phi) is 6.88. The zero-order valence-electron chi connectivity index (χ0n) is 19.5. The number of nitrogens with one attached hydrogen (secondary N) is 1. The van der Waals surface area contributed by atoms with E-state index in [1.165, 1.54) is 21.8 Å². The van der Waals surface area contributed by atoms with Crippen molar-refractivity contribution in [1.82, 2.24) is 19.1 Å². The zero-order valence-corrected chi connectivity index (χ0v) is 20.3. The number of hydrogen-bond acceptors (Lipinski definition) is 4. The number of para-hydroxylation sites is 1. The second-order valence-corrected chi connectivity index (χ2v) is 10.8. The van der Waals surface area contributed by atoms with Crippen molar-refractivity contribution in [2.45, 2.75) is 30.2 Å². The van der Waals surface area contributed by atoms with Gasteiger partial charge in [0.25, 0.3) is 5.91 Å². The summed E-state index contributed by atoms with van der Waals surface area (Å²) in [5.41, 5.74) is 2.75. The number of hydrogen-bond donors (Lipinski definition) is 1. The van der Waals surface area contributed by atoms with E-state index in [2.05, 4.69) is 33.1 Å². The highest BCUT2D eigenvalue weighted by molar-refractivity contribution is 7.89. The van der Waals surface area contributed by atoms with Crippen LogP contribution in [0.1, 0.15) is 41.2 Å². The van der Waals surface area contributed by atoms with Gasteiger partial charge in [-0.15, -0.1) is 0 Å². The first-order chi connectivity index (χ1) is 15.8. The lowest BCUT2D eigenvalue weighted by Gasteiger charge is -2.26. The molecule has 1 aliphatic rings.